The van der Waals surface area contributed by atoms with Gasteiger partial charge in [0.2, 0.25) is 0 Å². The number of carbonyl (C=O) groups is 1. The molecule has 0 aliphatic heterocycles. The standard InChI is InChI=1S/C22H16Cl2I2N2O2/c1-22(15(11-27)12-5-6-16(23)17(24)8-12)7-3-2-4-19(22)28-21(30)14-9-13(25)10-18(26)20(14)29/h2-10,15,19,29H,1H3,(H,28,30). The van der Waals surface area contributed by atoms with E-state index in [0.717, 1.165) is 3.57 Å². The molecule has 8 heteroatoms. The molecule has 0 aromatic heterocycles. The third kappa shape index (κ3) is 4.64. The van der Waals surface area contributed by atoms with Crippen LogP contribution in [-0.4, -0.2) is 17.1 Å². The van der Waals surface area contributed by atoms with Crippen molar-refractivity contribution in [2.75, 3.05) is 0 Å². The van der Waals surface area contributed by atoms with Crippen LogP contribution in [0.25, 0.3) is 0 Å². The lowest BCUT2D eigenvalue weighted by Gasteiger charge is -2.39. The Kier molecular flexibility index (Phi) is 7.38. The molecule has 0 radical (unpaired) electrons. The van der Waals surface area contributed by atoms with E-state index in [0.29, 0.717) is 19.2 Å². The van der Waals surface area contributed by atoms with Gasteiger partial charge in [0.1, 0.15) is 5.75 Å². The Balaban J connectivity index is 1.97. The Morgan fingerprint density at radius 2 is 1.97 bits per heavy atom. The summed E-state index contributed by atoms with van der Waals surface area (Å²) in [6.45, 7) is 1.91. The topological polar surface area (TPSA) is 73.1 Å². The molecule has 0 saturated heterocycles. The molecule has 1 aliphatic rings. The van der Waals surface area contributed by atoms with Gasteiger partial charge < -0.3 is 10.4 Å². The molecule has 0 heterocycles. The van der Waals surface area contributed by atoms with Crippen LogP contribution in [0, 0.1) is 23.9 Å². The number of aromatic hydroxyl groups is 1. The van der Waals surface area contributed by atoms with Crippen molar-refractivity contribution in [3.63, 3.8) is 0 Å². The molecule has 0 saturated carbocycles. The van der Waals surface area contributed by atoms with Crippen LogP contribution in [0.3, 0.4) is 0 Å². The largest absolute Gasteiger partial charge is 0.506 e. The molecule has 154 valence electrons. The van der Waals surface area contributed by atoms with Crippen molar-refractivity contribution in [3.05, 3.63) is 82.9 Å². The highest BCUT2D eigenvalue weighted by Crippen LogP contribution is 2.43. The second-order valence-corrected chi connectivity index (χ2v) is 10.3. The molecule has 0 spiro atoms. The molecule has 0 bridgehead atoms. The van der Waals surface area contributed by atoms with Crippen LogP contribution in [0.5, 0.6) is 5.75 Å². The molecule has 1 aliphatic carbocycles. The Hall–Kier alpha value is -1.28. The van der Waals surface area contributed by atoms with E-state index in [1.165, 1.54) is 0 Å². The third-order valence-corrected chi connectivity index (χ3v) is 7.31. The quantitative estimate of drug-likeness (QED) is 0.370. The van der Waals surface area contributed by atoms with Gasteiger partial charge in [-0.25, -0.2) is 0 Å². The number of nitrogens with one attached hydrogen (secondary N) is 1. The van der Waals surface area contributed by atoms with E-state index < -0.39 is 23.3 Å². The maximum Gasteiger partial charge on any atom is 0.255 e. The fourth-order valence-corrected chi connectivity index (χ4v) is 5.60. The van der Waals surface area contributed by atoms with Crippen molar-refractivity contribution < 1.29 is 9.90 Å². The predicted molar refractivity (Wildman–Crippen MR) is 136 cm³/mol. The minimum absolute atomic E-state index is 0.0631. The van der Waals surface area contributed by atoms with E-state index in [4.69, 9.17) is 23.2 Å². The van der Waals surface area contributed by atoms with E-state index in [-0.39, 0.29) is 11.3 Å². The Morgan fingerprint density at radius 3 is 2.63 bits per heavy atom. The number of hydrogen-bond acceptors (Lipinski definition) is 3. The summed E-state index contributed by atoms with van der Waals surface area (Å²) in [6.07, 6.45) is 7.44. The van der Waals surface area contributed by atoms with Gasteiger partial charge in [0.05, 0.1) is 37.2 Å². The molecule has 30 heavy (non-hydrogen) atoms. The van der Waals surface area contributed by atoms with Gasteiger partial charge in [-0.1, -0.05) is 60.5 Å². The minimum Gasteiger partial charge on any atom is -0.506 e. The van der Waals surface area contributed by atoms with Crippen LogP contribution in [0.1, 0.15) is 28.8 Å². The van der Waals surface area contributed by atoms with Crippen LogP contribution in [0.2, 0.25) is 10.0 Å². The SMILES string of the molecule is CC1(C(C#N)c2ccc(Cl)c(Cl)c2)C=CC=CC1NC(=O)c1cc(I)cc(I)c1O. The predicted octanol–water partition coefficient (Wildman–Crippen LogP) is 6.45. The van der Waals surface area contributed by atoms with Gasteiger partial charge in [0.25, 0.3) is 5.91 Å². The summed E-state index contributed by atoms with van der Waals surface area (Å²) in [6, 6.07) is 10.4. The number of amides is 1. The molecule has 3 atom stereocenters. The molecule has 2 aromatic rings. The number of hydrogen-bond donors (Lipinski definition) is 2. The van der Waals surface area contributed by atoms with E-state index in [1.807, 2.05) is 53.8 Å². The summed E-state index contributed by atoms with van der Waals surface area (Å²) in [5.41, 5.74) is 0.154. The van der Waals surface area contributed by atoms with Crippen molar-refractivity contribution >= 4 is 74.3 Å². The summed E-state index contributed by atoms with van der Waals surface area (Å²) >= 11 is 16.3. The third-order valence-electron chi connectivity index (χ3n) is 5.13. The smallest absolute Gasteiger partial charge is 0.255 e. The number of nitriles is 1. The van der Waals surface area contributed by atoms with E-state index in [2.05, 4.69) is 34.0 Å². The maximum absolute atomic E-state index is 13.0. The Morgan fingerprint density at radius 1 is 1.23 bits per heavy atom. The van der Waals surface area contributed by atoms with Gasteiger partial charge in [-0.15, -0.1) is 0 Å². The zero-order chi connectivity index (χ0) is 22.1. The number of rotatable bonds is 4. The molecule has 2 aromatic carbocycles. The van der Waals surface area contributed by atoms with Crippen molar-refractivity contribution in [2.45, 2.75) is 18.9 Å². The van der Waals surface area contributed by atoms with Gasteiger partial charge >= 0.3 is 0 Å². The first-order chi connectivity index (χ1) is 14.2. The van der Waals surface area contributed by atoms with Crippen molar-refractivity contribution in [1.82, 2.24) is 5.32 Å². The van der Waals surface area contributed by atoms with Crippen LogP contribution >= 0.6 is 68.4 Å². The number of benzene rings is 2. The number of phenols is 1. The summed E-state index contributed by atoms with van der Waals surface area (Å²) < 4.78 is 1.43. The van der Waals surface area contributed by atoms with Gasteiger partial charge in [0, 0.05) is 8.99 Å². The summed E-state index contributed by atoms with van der Waals surface area (Å²) in [7, 11) is 0. The number of nitrogens with zero attached hydrogens (tertiary/aromatic N) is 1. The highest BCUT2D eigenvalue weighted by atomic mass is 127. The monoisotopic (exact) mass is 664 g/mol. The van der Waals surface area contributed by atoms with Gasteiger partial charge in [0.15, 0.2) is 0 Å². The summed E-state index contributed by atoms with van der Waals surface area (Å²) in [4.78, 5) is 13.0. The van der Waals surface area contributed by atoms with Crippen LogP contribution in [0.15, 0.2) is 54.6 Å². The highest BCUT2D eigenvalue weighted by molar-refractivity contribution is 14.1. The molecule has 3 rings (SSSR count). The van der Waals surface area contributed by atoms with E-state index >= 15 is 0 Å². The van der Waals surface area contributed by atoms with Crippen molar-refractivity contribution in [3.8, 4) is 11.8 Å². The van der Waals surface area contributed by atoms with Crippen molar-refractivity contribution in [1.29, 1.82) is 5.26 Å². The van der Waals surface area contributed by atoms with Crippen LogP contribution < -0.4 is 5.32 Å². The highest BCUT2D eigenvalue weighted by Gasteiger charge is 2.41. The van der Waals surface area contributed by atoms with E-state index in [1.54, 1.807) is 30.3 Å². The minimum atomic E-state index is -0.749. The number of allylic oxidation sites excluding steroid dienone is 2. The van der Waals surface area contributed by atoms with Gasteiger partial charge in [-0.3, -0.25) is 4.79 Å². The molecule has 4 nitrogen and oxygen atoms in total. The van der Waals surface area contributed by atoms with E-state index in [9.17, 15) is 15.2 Å². The Labute approximate surface area is 212 Å². The lowest BCUT2D eigenvalue weighted by molar-refractivity contribution is 0.0916. The fourth-order valence-electron chi connectivity index (χ4n) is 3.45. The van der Waals surface area contributed by atoms with Crippen LogP contribution in [-0.2, 0) is 0 Å². The molecule has 3 unspecified atom stereocenters. The zero-order valence-corrected chi connectivity index (χ0v) is 21.5. The molecule has 1 amide bonds. The van der Waals surface area contributed by atoms with Gasteiger partial charge in [-0.05, 0) is 75.0 Å². The lowest BCUT2D eigenvalue weighted by Crippen LogP contribution is -2.48. The van der Waals surface area contributed by atoms with Crippen LogP contribution in [0.4, 0.5) is 0 Å². The first-order valence-corrected chi connectivity index (χ1v) is 11.8. The molecular formula is C22H16Cl2I2N2O2. The second-order valence-electron chi connectivity index (χ2n) is 7.08. The number of carbonyl (C=O) groups excluding carboxylic acids is 1. The molecule has 2 N–H and O–H groups in total. The summed E-state index contributed by atoms with van der Waals surface area (Å²) in [5.74, 6) is -1.07. The fraction of sp³-hybridized carbons (Fsp3) is 0.182. The zero-order valence-electron chi connectivity index (χ0n) is 15.7. The maximum atomic E-state index is 13.0. The number of phenolic OH excluding ortho intramolecular Hbond substituents is 1. The molecular weight excluding hydrogens is 649 g/mol. The first-order valence-electron chi connectivity index (χ1n) is 8.87. The second kappa shape index (κ2) is 9.47. The average Bonchev–Trinajstić information content (AvgIpc) is 2.69. The average molecular weight is 665 g/mol. The number of halogens is 4. The molecule has 0 fully saturated rings. The van der Waals surface area contributed by atoms with Gasteiger partial charge in [-0.2, -0.15) is 5.26 Å². The lowest BCUT2D eigenvalue weighted by atomic mass is 9.67. The normalized spacial score (nSPS) is 21.1. The Bertz CT molecular complexity index is 1110. The van der Waals surface area contributed by atoms with Crippen molar-refractivity contribution in [2.24, 2.45) is 5.41 Å². The summed E-state index contributed by atoms with van der Waals surface area (Å²) in [5, 5.41) is 24.1. The first kappa shape index (κ1) is 23.4.